The molecule has 0 atom stereocenters. The summed E-state index contributed by atoms with van der Waals surface area (Å²) in [5.41, 5.74) is 0. The van der Waals surface area contributed by atoms with Crippen LogP contribution in [0.2, 0.25) is 0 Å². The molecule has 0 heterocycles. The van der Waals surface area contributed by atoms with Crippen molar-refractivity contribution in [2.24, 2.45) is 0 Å². The van der Waals surface area contributed by atoms with E-state index in [0.717, 1.165) is 6.42 Å². The Morgan fingerprint density at radius 1 is 0.750 bits per heavy atom. The topological polar surface area (TPSA) is 20.2 Å². The Labute approximate surface area is 102 Å². The number of aliphatic hydroxyl groups excluding tert-OH is 1. The van der Waals surface area contributed by atoms with Crippen molar-refractivity contribution in [2.75, 3.05) is 0 Å². The predicted molar refractivity (Wildman–Crippen MR) is 71.5 cm³/mol. The smallest absolute Gasteiger partial charge is 0.152 e. The molecule has 0 fully saturated rings. The van der Waals surface area contributed by atoms with Crippen LogP contribution in [0.25, 0.3) is 0 Å². The van der Waals surface area contributed by atoms with Gasteiger partial charge in [-0.3, -0.25) is 0 Å². The van der Waals surface area contributed by atoms with Crippen molar-refractivity contribution >= 4 is 0 Å². The highest BCUT2D eigenvalue weighted by Crippen LogP contribution is 2.11. The molecule has 16 heavy (non-hydrogen) atoms. The molecule has 0 aliphatic heterocycles. The van der Waals surface area contributed by atoms with Crippen LogP contribution in [-0.4, -0.2) is 5.11 Å². The van der Waals surface area contributed by atoms with E-state index in [1.807, 2.05) is 0 Å². The van der Waals surface area contributed by atoms with E-state index in [9.17, 15) is 0 Å². The van der Waals surface area contributed by atoms with Crippen LogP contribution in [0.15, 0.2) is 6.08 Å². The van der Waals surface area contributed by atoms with E-state index in [4.69, 9.17) is 5.11 Å². The fourth-order valence-corrected chi connectivity index (χ4v) is 1.98. The summed E-state index contributed by atoms with van der Waals surface area (Å²) in [4.78, 5) is 0. The van der Waals surface area contributed by atoms with Crippen LogP contribution >= 0.6 is 0 Å². The average molecular weight is 225 g/mol. The quantitative estimate of drug-likeness (QED) is 0.340. The van der Waals surface area contributed by atoms with Crippen LogP contribution in [0.4, 0.5) is 0 Å². The van der Waals surface area contributed by atoms with Gasteiger partial charge in [-0.25, -0.2) is 0 Å². The third-order valence-corrected chi connectivity index (χ3v) is 3.04. The highest BCUT2D eigenvalue weighted by atomic mass is 16.2. The summed E-state index contributed by atoms with van der Waals surface area (Å²) in [7, 11) is 0. The van der Waals surface area contributed by atoms with Gasteiger partial charge in [0.05, 0.1) is 0 Å². The van der Waals surface area contributed by atoms with Gasteiger partial charge in [-0.15, -0.1) is 0 Å². The fraction of sp³-hybridized carbons (Fsp3) is 0.867. The summed E-state index contributed by atoms with van der Waals surface area (Å²) in [5.74, 6) is 0. The summed E-state index contributed by atoms with van der Waals surface area (Å²) in [5, 5.41) is 8.32. The second-order valence-corrected chi connectivity index (χ2v) is 4.66. The molecule has 1 heteroatoms. The Kier molecular flexibility index (Phi) is 14.1. The zero-order chi connectivity index (χ0) is 11.9. The van der Waals surface area contributed by atoms with E-state index < -0.39 is 0 Å². The van der Waals surface area contributed by atoms with E-state index in [0.29, 0.717) is 0 Å². The largest absolute Gasteiger partial charge is 0.504 e. The fourth-order valence-electron chi connectivity index (χ4n) is 1.98. The van der Waals surface area contributed by atoms with Crippen molar-refractivity contribution in [2.45, 2.75) is 84.0 Å². The zero-order valence-electron chi connectivity index (χ0n) is 11.0. The number of unbranched alkanes of at least 4 members (excludes halogenated alkanes) is 11. The number of hydrogen-bond acceptors (Lipinski definition) is 1. The van der Waals surface area contributed by atoms with E-state index in [1.54, 1.807) is 6.08 Å². The van der Waals surface area contributed by atoms with Gasteiger partial charge < -0.3 is 5.11 Å². The maximum atomic E-state index is 8.32. The molecule has 0 amide bonds. The van der Waals surface area contributed by atoms with Gasteiger partial charge in [0.2, 0.25) is 0 Å². The van der Waals surface area contributed by atoms with Crippen molar-refractivity contribution in [1.29, 1.82) is 0 Å². The Bertz CT molecular complexity index is 140. The first-order valence-corrected chi connectivity index (χ1v) is 7.13. The predicted octanol–water partition coefficient (Wildman–Crippen LogP) is 5.56. The molecule has 1 radical (unpaired) electrons. The third-order valence-electron chi connectivity index (χ3n) is 3.04. The van der Waals surface area contributed by atoms with Gasteiger partial charge >= 0.3 is 0 Å². The summed E-state index contributed by atoms with van der Waals surface area (Å²) in [6.45, 7) is 2.27. The molecular formula is C15H29O. The molecule has 1 N–H and O–H groups in total. The minimum atomic E-state index is 0.980. The maximum Gasteiger partial charge on any atom is 0.152 e. The van der Waals surface area contributed by atoms with Crippen molar-refractivity contribution in [3.63, 3.8) is 0 Å². The highest BCUT2D eigenvalue weighted by Gasteiger charge is 1.92. The van der Waals surface area contributed by atoms with Crippen LogP contribution in [0.1, 0.15) is 84.0 Å². The molecule has 0 saturated carbocycles. The molecule has 0 aliphatic carbocycles. The van der Waals surface area contributed by atoms with E-state index >= 15 is 0 Å². The molecule has 0 aromatic carbocycles. The normalized spacial score (nSPS) is 11.3. The summed E-state index contributed by atoms with van der Waals surface area (Å²) < 4.78 is 0. The Hall–Kier alpha value is -0.460. The molecule has 0 saturated heterocycles. The van der Waals surface area contributed by atoms with Crippen molar-refractivity contribution < 1.29 is 5.11 Å². The van der Waals surface area contributed by atoms with Crippen LogP contribution in [0, 0.1) is 6.26 Å². The summed E-state index contributed by atoms with van der Waals surface area (Å²) >= 11 is 0. The lowest BCUT2D eigenvalue weighted by atomic mass is 10.1. The molecule has 0 aliphatic rings. The first-order valence-electron chi connectivity index (χ1n) is 7.13. The highest BCUT2D eigenvalue weighted by molar-refractivity contribution is 4.65. The summed E-state index contributed by atoms with van der Waals surface area (Å²) in [6, 6.07) is 0. The standard InChI is InChI=1S/C15H29O/c1-2-3-4-5-6-7-8-9-10-11-12-13-14-15-16/h14,16H,2-13H2,1H3. The number of hydrogen-bond donors (Lipinski definition) is 1. The van der Waals surface area contributed by atoms with Gasteiger partial charge in [-0.1, -0.05) is 71.1 Å². The van der Waals surface area contributed by atoms with Crippen LogP contribution in [0.5, 0.6) is 0 Å². The molecule has 0 unspecified atom stereocenters. The lowest BCUT2D eigenvalue weighted by Gasteiger charge is -2.01. The second-order valence-electron chi connectivity index (χ2n) is 4.66. The number of rotatable bonds is 12. The number of allylic oxidation sites excluding steroid dienone is 1. The van der Waals surface area contributed by atoms with Crippen LogP contribution in [0.3, 0.4) is 0 Å². The van der Waals surface area contributed by atoms with Crippen LogP contribution in [-0.2, 0) is 0 Å². The minimum Gasteiger partial charge on any atom is -0.504 e. The minimum absolute atomic E-state index is 0.980. The zero-order valence-corrected chi connectivity index (χ0v) is 11.0. The SMILES string of the molecule is CCCCCCCCCCCCC/C=[C]\O. The molecule has 0 bridgehead atoms. The van der Waals surface area contributed by atoms with Crippen molar-refractivity contribution in [3.05, 3.63) is 12.3 Å². The molecular weight excluding hydrogens is 196 g/mol. The van der Waals surface area contributed by atoms with Crippen LogP contribution < -0.4 is 0 Å². The molecule has 0 aromatic rings. The Morgan fingerprint density at radius 3 is 1.62 bits per heavy atom. The molecule has 0 aromatic heterocycles. The molecule has 0 spiro atoms. The van der Waals surface area contributed by atoms with Gasteiger partial charge in [0.15, 0.2) is 6.26 Å². The first-order chi connectivity index (χ1) is 7.91. The summed E-state index contributed by atoms with van der Waals surface area (Å²) in [6.07, 6.45) is 19.9. The van der Waals surface area contributed by atoms with Gasteiger partial charge in [0, 0.05) is 0 Å². The Morgan fingerprint density at radius 2 is 1.19 bits per heavy atom. The molecule has 95 valence electrons. The average Bonchev–Trinajstić information content (AvgIpc) is 2.31. The van der Waals surface area contributed by atoms with Crippen molar-refractivity contribution in [3.8, 4) is 0 Å². The maximum absolute atomic E-state index is 8.32. The van der Waals surface area contributed by atoms with Gasteiger partial charge in [-0.05, 0) is 18.9 Å². The third kappa shape index (κ3) is 13.5. The second kappa shape index (κ2) is 14.5. The monoisotopic (exact) mass is 225 g/mol. The van der Waals surface area contributed by atoms with E-state index in [1.165, 1.54) is 70.6 Å². The van der Waals surface area contributed by atoms with Gasteiger partial charge in [0.1, 0.15) is 0 Å². The van der Waals surface area contributed by atoms with E-state index in [2.05, 4.69) is 13.2 Å². The molecule has 0 rings (SSSR count). The van der Waals surface area contributed by atoms with Gasteiger partial charge in [0.25, 0.3) is 0 Å². The lowest BCUT2D eigenvalue weighted by molar-refractivity contribution is 0.438. The van der Waals surface area contributed by atoms with E-state index in [-0.39, 0.29) is 0 Å². The first kappa shape index (κ1) is 15.5. The molecule has 1 nitrogen and oxygen atoms in total. The van der Waals surface area contributed by atoms with Crippen molar-refractivity contribution in [1.82, 2.24) is 0 Å². The van der Waals surface area contributed by atoms with Gasteiger partial charge in [-0.2, -0.15) is 0 Å². The number of aliphatic hydroxyl groups is 1. The lowest BCUT2D eigenvalue weighted by Crippen LogP contribution is -1.81. The Balaban J connectivity index is 2.88.